The van der Waals surface area contributed by atoms with Gasteiger partial charge in [0.2, 0.25) is 0 Å². The van der Waals surface area contributed by atoms with E-state index in [1.165, 1.54) is 0 Å². The summed E-state index contributed by atoms with van der Waals surface area (Å²) in [4.78, 5) is 11.7. The van der Waals surface area contributed by atoms with Gasteiger partial charge in [0.05, 0.1) is 23.9 Å². The van der Waals surface area contributed by atoms with Crippen LogP contribution in [-0.4, -0.2) is 12.5 Å². The largest absolute Gasteiger partial charge is 0.484 e. The molecule has 0 fully saturated rings. The molecule has 0 bridgehead atoms. The van der Waals surface area contributed by atoms with Crippen molar-refractivity contribution in [1.82, 2.24) is 5.32 Å². The predicted octanol–water partition coefficient (Wildman–Crippen LogP) is 2.41. The lowest BCUT2D eigenvalue weighted by Gasteiger charge is -2.12. The van der Waals surface area contributed by atoms with Crippen molar-refractivity contribution in [3.63, 3.8) is 0 Å². The van der Waals surface area contributed by atoms with Crippen LogP contribution >= 0.6 is 0 Å². The minimum Gasteiger partial charge on any atom is -0.484 e. The first-order chi connectivity index (χ1) is 9.69. The summed E-state index contributed by atoms with van der Waals surface area (Å²) >= 11 is 0. The number of furan rings is 1. The van der Waals surface area contributed by atoms with Gasteiger partial charge >= 0.3 is 0 Å². The Kier molecular flexibility index (Phi) is 4.40. The van der Waals surface area contributed by atoms with E-state index in [1.54, 1.807) is 42.7 Å². The maximum atomic E-state index is 11.7. The monoisotopic (exact) mass is 270 g/mol. The standard InChI is InChI=1S/C15H14N2O3/c1-11(14-6-3-7-19-14)17-15(18)10-20-13-5-2-4-12(8-13)9-16/h2-8,11H,10H2,1H3,(H,17,18)/t11-/m1/s1. The lowest BCUT2D eigenvalue weighted by molar-refractivity contribution is -0.123. The van der Waals surface area contributed by atoms with E-state index in [1.807, 2.05) is 13.0 Å². The van der Waals surface area contributed by atoms with Crippen LogP contribution in [0.15, 0.2) is 47.1 Å². The van der Waals surface area contributed by atoms with Crippen LogP contribution in [0, 0.1) is 11.3 Å². The third-order valence-electron chi connectivity index (χ3n) is 2.68. The summed E-state index contributed by atoms with van der Waals surface area (Å²) in [6.45, 7) is 1.72. The quantitative estimate of drug-likeness (QED) is 0.905. The summed E-state index contributed by atoms with van der Waals surface area (Å²) in [7, 11) is 0. The molecule has 1 amide bonds. The maximum Gasteiger partial charge on any atom is 0.258 e. The zero-order valence-electron chi connectivity index (χ0n) is 11.0. The van der Waals surface area contributed by atoms with E-state index in [9.17, 15) is 4.79 Å². The Labute approximate surface area is 116 Å². The second kappa shape index (κ2) is 6.43. The Morgan fingerprint density at radius 3 is 3.00 bits per heavy atom. The van der Waals surface area contributed by atoms with Crippen molar-refractivity contribution in [1.29, 1.82) is 5.26 Å². The molecule has 1 N–H and O–H groups in total. The Bertz CT molecular complexity index is 614. The van der Waals surface area contributed by atoms with Crippen molar-refractivity contribution >= 4 is 5.91 Å². The van der Waals surface area contributed by atoms with E-state index in [4.69, 9.17) is 14.4 Å². The van der Waals surface area contributed by atoms with E-state index >= 15 is 0 Å². The SMILES string of the molecule is C[C@@H](NC(=O)COc1cccc(C#N)c1)c1ccco1. The number of benzene rings is 1. The van der Waals surface area contributed by atoms with Gasteiger partial charge < -0.3 is 14.5 Å². The zero-order valence-corrected chi connectivity index (χ0v) is 11.0. The fourth-order valence-corrected chi connectivity index (χ4v) is 1.70. The summed E-state index contributed by atoms with van der Waals surface area (Å²) in [5.41, 5.74) is 0.492. The number of hydrogen-bond donors (Lipinski definition) is 1. The Hall–Kier alpha value is -2.74. The van der Waals surface area contributed by atoms with Gasteiger partial charge in [-0.25, -0.2) is 0 Å². The van der Waals surface area contributed by atoms with Gasteiger partial charge in [0.15, 0.2) is 6.61 Å². The first kappa shape index (κ1) is 13.7. The molecule has 0 saturated carbocycles. The number of nitriles is 1. The molecule has 1 aromatic heterocycles. The molecular weight excluding hydrogens is 256 g/mol. The van der Waals surface area contributed by atoms with E-state index in [-0.39, 0.29) is 18.6 Å². The van der Waals surface area contributed by atoms with E-state index in [2.05, 4.69) is 5.32 Å². The molecule has 2 aromatic rings. The summed E-state index contributed by atoms with van der Waals surface area (Å²) in [5, 5.41) is 11.5. The van der Waals surface area contributed by atoms with Crippen molar-refractivity contribution in [3.05, 3.63) is 54.0 Å². The molecule has 1 atom stereocenters. The fourth-order valence-electron chi connectivity index (χ4n) is 1.70. The second-order valence-corrected chi connectivity index (χ2v) is 4.23. The van der Waals surface area contributed by atoms with Crippen molar-refractivity contribution in [2.24, 2.45) is 0 Å². The minimum atomic E-state index is -0.253. The molecule has 5 nitrogen and oxygen atoms in total. The number of hydrogen-bond acceptors (Lipinski definition) is 4. The van der Waals surface area contributed by atoms with Gasteiger partial charge in [0.25, 0.3) is 5.91 Å². The Morgan fingerprint density at radius 2 is 2.30 bits per heavy atom. The first-order valence-electron chi connectivity index (χ1n) is 6.15. The van der Waals surface area contributed by atoms with Gasteiger partial charge in [-0.3, -0.25) is 4.79 Å². The van der Waals surface area contributed by atoms with Crippen molar-refractivity contribution in [2.45, 2.75) is 13.0 Å². The Balaban J connectivity index is 1.84. The molecule has 1 aromatic carbocycles. The summed E-state index contributed by atoms with van der Waals surface area (Å²) < 4.78 is 10.5. The maximum absolute atomic E-state index is 11.7. The molecular formula is C15H14N2O3. The van der Waals surface area contributed by atoms with E-state index in [0.29, 0.717) is 17.1 Å². The first-order valence-corrected chi connectivity index (χ1v) is 6.15. The highest BCUT2D eigenvalue weighted by atomic mass is 16.5. The lowest BCUT2D eigenvalue weighted by Crippen LogP contribution is -2.31. The number of amides is 1. The van der Waals surface area contributed by atoms with Gasteiger partial charge in [-0.15, -0.1) is 0 Å². The van der Waals surface area contributed by atoms with Crippen LogP contribution in [0.25, 0.3) is 0 Å². The number of carbonyl (C=O) groups excluding carboxylic acids is 1. The highest BCUT2D eigenvalue weighted by Gasteiger charge is 2.12. The van der Waals surface area contributed by atoms with Crippen molar-refractivity contribution in [3.8, 4) is 11.8 Å². The molecule has 5 heteroatoms. The molecule has 0 spiro atoms. The van der Waals surface area contributed by atoms with E-state index in [0.717, 1.165) is 0 Å². The van der Waals surface area contributed by atoms with Gasteiger partial charge in [0, 0.05) is 0 Å². The third-order valence-corrected chi connectivity index (χ3v) is 2.68. The van der Waals surface area contributed by atoms with Crippen LogP contribution in [-0.2, 0) is 4.79 Å². The zero-order chi connectivity index (χ0) is 14.4. The molecule has 102 valence electrons. The molecule has 20 heavy (non-hydrogen) atoms. The summed E-state index contributed by atoms with van der Waals surface area (Å²) in [6.07, 6.45) is 1.56. The minimum absolute atomic E-state index is 0.111. The molecule has 0 aliphatic heterocycles. The Morgan fingerprint density at radius 1 is 1.45 bits per heavy atom. The van der Waals surface area contributed by atoms with Crippen molar-refractivity contribution in [2.75, 3.05) is 6.61 Å². The molecule has 1 heterocycles. The van der Waals surface area contributed by atoms with Gasteiger partial charge in [-0.05, 0) is 37.3 Å². The number of rotatable bonds is 5. The average molecular weight is 270 g/mol. The highest BCUT2D eigenvalue weighted by molar-refractivity contribution is 5.77. The van der Waals surface area contributed by atoms with Crippen LogP contribution in [0.5, 0.6) is 5.75 Å². The van der Waals surface area contributed by atoms with Crippen LogP contribution in [0.3, 0.4) is 0 Å². The topological polar surface area (TPSA) is 75.3 Å². The fraction of sp³-hybridized carbons (Fsp3) is 0.200. The number of ether oxygens (including phenoxy) is 1. The summed E-state index contributed by atoms with van der Waals surface area (Å²) in [5.74, 6) is 0.922. The van der Waals surface area contributed by atoms with Crippen LogP contribution in [0.4, 0.5) is 0 Å². The highest BCUT2D eigenvalue weighted by Crippen LogP contribution is 2.14. The smallest absolute Gasteiger partial charge is 0.258 e. The van der Waals surface area contributed by atoms with Gasteiger partial charge in [-0.2, -0.15) is 5.26 Å². The number of nitrogens with one attached hydrogen (secondary N) is 1. The normalized spacial score (nSPS) is 11.4. The molecule has 0 radical (unpaired) electrons. The van der Waals surface area contributed by atoms with Gasteiger partial charge in [0.1, 0.15) is 11.5 Å². The average Bonchev–Trinajstić information content (AvgIpc) is 2.99. The number of nitrogens with zero attached hydrogens (tertiary/aromatic N) is 1. The number of carbonyl (C=O) groups is 1. The third kappa shape index (κ3) is 3.62. The molecule has 0 aliphatic carbocycles. The van der Waals surface area contributed by atoms with Crippen molar-refractivity contribution < 1.29 is 13.9 Å². The molecule has 0 aliphatic rings. The van der Waals surface area contributed by atoms with E-state index < -0.39 is 0 Å². The lowest BCUT2D eigenvalue weighted by atomic mass is 10.2. The van der Waals surface area contributed by atoms with Gasteiger partial charge in [-0.1, -0.05) is 6.07 Å². The van der Waals surface area contributed by atoms with Crippen LogP contribution in [0.2, 0.25) is 0 Å². The molecule has 2 rings (SSSR count). The second-order valence-electron chi connectivity index (χ2n) is 4.23. The van der Waals surface area contributed by atoms with Crippen LogP contribution < -0.4 is 10.1 Å². The van der Waals surface area contributed by atoms with Crippen LogP contribution in [0.1, 0.15) is 24.3 Å². The predicted molar refractivity (Wildman–Crippen MR) is 71.9 cm³/mol. The molecule has 0 unspecified atom stereocenters. The molecule has 0 saturated heterocycles. The summed E-state index contributed by atoms with van der Waals surface area (Å²) in [6, 6.07) is 12.0.